The summed E-state index contributed by atoms with van der Waals surface area (Å²) in [6.45, 7) is 3.49. The van der Waals surface area contributed by atoms with E-state index in [4.69, 9.17) is 17.3 Å². The monoisotopic (exact) mass is 277 g/mol. The third kappa shape index (κ3) is 3.49. The maximum absolute atomic E-state index is 11.9. The molecule has 0 radical (unpaired) electrons. The average Bonchev–Trinajstić information content (AvgIpc) is 2.18. The van der Waals surface area contributed by atoms with E-state index in [1.807, 2.05) is 0 Å². The number of nitrogens with one attached hydrogen (secondary N) is 1. The molecule has 1 rings (SSSR count). The Morgan fingerprint density at radius 2 is 2.00 bits per heavy atom. The summed E-state index contributed by atoms with van der Waals surface area (Å²) in [5, 5.41) is 0.431. The molecular weight excluding hydrogens is 262 g/mol. The van der Waals surface area contributed by atoms with Crippen molar-refractivity contribution in [3.8, 4) is 0 Å². The van der Waals surface area contributed by atoms with Crippen molar-refractivity contribution < 1.29 is 8.42 Å². The summed E-state index contributed by atoms with van der Waals surface area (Å²) in [5.74, 6) is 0. The SMILES string of the molecule is CC(C)NS(=O)(=O)N(C)c1cc(Cl)ccc1N. The Balaban J connectivity index is 3.12. The van der Waals surface area contributed by atoms with Gasteiger partial charge in [-0.15, -0.1) is 0 Å². The van der Waals surface area contributed by atoms with Crippen LogP contribution in [-0.2, 0) is 10.2 Å². The first kappa shape index (κ1) is 14.1. The summed E-state index contributed by atoms with van der Waals surface area (Å²) in [5.41, 5.74) is 6.43. The first-order chi connectivity index (χ1) is 7.74. The van der Waals surface area contributed by atoms with E-state index in [1.165, 1.54) is 13.1 Å². The van der Waals surface area contributed by atoms with Crippen LogP contribution in [0.3, 0.4) is 0 Å². The van der Waals surface area contributed by atoms with Crippen LogP contribution >= 0.6 is 11.6 Å². The van der Waals surface area contributed by atoms with Gasteiger partial charge in [-0.1, -0.05) is 11.6 Å². The van der Waals surface area contributed by atoms with Gasteiger partial charge in [0.15, 0.2) is 0 Å². The molecule has 0 fully saturated rings. The molecule has 5 nitrogen and oxygen atoms in total. The normalized spacial score (nSPS) is 11.8. The van der Waals surface area contributed by atoms with Crippen LogP contribution in [0.5, 0.6) is 0 Å². The topological polar surface area (TPSA) is 75.4 Å². The second-order valence-electron chi connectivity index (χ2n) is 3.95. The van der Waals surface area contributed by atoms with Crippen LogP contribution < -0.4 is 14.8 Å². The van der Waals surface area contributed by atoms with E-state index in [2.05, 4.69) is 4.72 Å². The summed E-state index contributed by atoms with van der Waals surface area (Å²) in [7, 11) is -2.18. The van der Waals surface area contributed by atoms with Gasteiger partial charge in [0.1, 0.15) is 0 Å². The van der Waals surface area contributed by atoms with Gasteiger partial charge in [0.25, 0.3) is 0 Å². The Morgan fingerprint density at radius 3 is 2.53 bits per heavy atom. The van der Waals surface area contributed by atoms with Gasteiger partial charge in [-0.05, 0) is 32.0 Å². The fourth-order valence-electron chi connectivity index (χ4n) is 1.30. The van der Waals surface area contributed by atoms with Gasteiger partial charge in [0, 0.05) is 18.1 Å². The van der Waals surface area contributed by atoms with Gasteiger partial charge in [-0.25, -0.2) is 0 Å². The van der Waals surface area contributed by atoms with Crippen molar-refractivity contribution in [2.45, 2.75) is 19.9 Å². The van der Waals surface area contributed by atoms with Crippen LogP contribution in [-0.4, -0.2) is 21.5 Å². The Kier molecular flexibility index (Phi) is 4.24. The molecule has 0 aliphatic rings. The molecule has 0 aromatic heterocycles. The minimum absolute atomic E-state index is 0.192. The van der Waals surface area contributed by atoms with Crippen LogP contribution in [0.4, 0.5) is 11.4 Å². The van der Waals surface area contributed by atoms with Gasteiger partial charge in [0.05, 0.1) is 11.4 Å². The van der Waals surface area contributed by atoms with Crippen LogP contribution in [0.2, 0.25) is 5.02 Å². The molecule has 0 atom stereocenters. The highest BCUT2D eigenvalue weighted by Gasteiger charge is 2.20. The molecule has 0 saturated heterocycles. The Morgan fingerprint density at radius 1 is 1.41 bits per heavy atom. The zero-order chi connectivity index (χ0) is 13.2. The van der Waals surface area contributed by atoms with E-state index in [1.54, 1.807) is 26.0 Å². The second-order valence-corrected chi connectivity index (χ2v) is 6.12. The molecule has 0 heterocycles. The lowest BCUT2D eigenvalue weighted by molar-refractivity contribution is 0.568. The molecule has 7 heteroatoms. The summed E-state index contributed by atoms with van der Waals surface area (Å²) in [6, 6.07) is 4.49. The number of benzene rings is 1. The molecule has 1 aromatic carbocycles. The molecule has 3 N–H and O–H groups in total. The van der Waals surface area contributed by atoms with E-state index in [0.29, 0.717) is 16.4 Å². The van der Waals surface area contributed by atoms with Gasteiger partial charge >= 0.3 is 10.2 Å². The molecule has 0 bridgehead atoms. The van der Waals surface area contributed by atoms with Gasteiger partial charge < -0.3 is 5.73 Å². The van der Waals surface area contributed by atoms with E-state index >= 15 is 0 Å². The lowest BCUT2D eigenvalue weighted by Crippen LogP contribution is -2.41. The van der Waals surface area contributed by atoms with Crippen LogP contribution in [0.1, 0.15) is 13.8 Å². The molecule has 1 aromatic rings. The number of nitrogens with two attached hydrogens (primary N) is 1. The second kappa shape index (κ2) is 5.12. The standard InChI is InChI=1S/C10H16ClN3O2S/c1-7(2)13-17(15,16)14(3)10-6-8(11)4-5-9(10)12/h4-7,13H,12H2,1-3H3. The van der Waals surface area contributed by atoms with Crippen molar-refractivity contribution in [1.29, 1.82) is 0 Å². The lowest BCUT2D eigenvalue weighted by Gasteiger charge is -2.22. The third-order valence-corrected chi connectivity index (χ3v) is 4.00. The molecule has 0 aliphatic heterocycles. The maximum atomic E-state index is 11.9. The smallest absolute Gasteiger partial charge is 0.301 e. The Bertz CT molecular complexity index is 502. The summed E-state index contributed by atoms with van der Waals surface area (Å²) >= 11 is 5.82. The largest absolute Gasteiger partial charge is 0.397 e. The number of hydrogen-bond donors (Lipinski definition) is 2. The first-order valence-corrected chi connectivity index (χ1v) is 6.87. The molecule has 96 valence electrons. The molecule has 0 saturated carbocycles. The molecule has 0 aliphatic carbocycles. The number of nitrogen functional groups attached to an aromatic ring is 1. The fraction of sp³-hybridized carbons (Fsp3) is 0.400. The maximum Gasteiger partial charge on any atom is 0.301 e. The van der Waals surface area contributed by atoms with Crippen molar-refractivity contribution in [2.24, 2.45) is 0 Å². The van der Waals surface area contributed by atoms with Gasteiger partial charge in [0.2, 0.25) is 0 Å². The predicted octanol–water partition coefficient (Wildman–Crippen LogP) is 1.60. The zero-order valence-corrected chi connectivity index (χ0v) is 11.5. The van der Waals surface area contributed by atoms with E-state index in [9.17, 15) is 8.42 Å². The first-order valence-electron chi connectivity index (χ1n) is 5.05. The fourth-order valence-corrected chi connectivity index (χ4v) is 2.63. The van der Waals surface area contributed by atoms with E-state index in [-0.39, 0.29) is 6.04 Å². The summed E-state index contributed by atoms with van der Waals surface area (Å²) in [4.78, 5) is 0. The minimum Gasteiger partial charge on any atom is -0.397 e. The Hall–Kier alpha value is -0.980. The number of hydrogen-bond acceptors (Lipinski definition) is 3. The van der Waals surface area contributed by atoms with Gasteiger partial charge in [-0.2, -0.15) is 13.1 Å². The van der Waals surface area contributed by atoms with Crippen LogP contribution in [0.25, 0.3) is 0 Å². The third-order valence-electron chi connectivity index (χ3n) is 2.08. The van der Waals surface area contributed by atoms with Crippen LogP contribution in [0, 0.1) is 0 Å². The summed E-state index contributed by atoms with van der Waals surface area (Å²) in [6.07, 6.45) is 0. The predicted molar refractivity (Wildman–Crippen MR) is 71.5 cm³/mol. The highest BCUT2D eigenvalue weighted by Crippen LogP contribution is 2.27. The van der Waals surface area contributed by atoms with E-state index in [0.717, 1.165) is 4.31 Å². The highest BCUT2D eigenvalue weighted by molar-refractivity contribution is 7.90. The zero-order valence-electron chi connectivity index (χ0n) is 9.94. The average molecular weight is 278 g/mol. The summed E-state index contributed by atoms with van der Waals surface area (Å²) < 4.78 is 27.4. The van der Waals surface area contributed by atoms with Gasteiger partial charge in [-0.3, -0.25) is 4.31 Å². The van der Waals surface area contributed by atoms with Crippen molar-refractivity contribution in [1.82, 2.24) is 4.72 Å². The number of anilines is 2. The molecule has 17 heavy (non-hydrogen) atoms. The molecular formula is C10H16ClN3O2S. The minimum atomic E-state index is -3.61. The molecule has 0 amide bonds. The number of halogens is 1. The highest BCUT2D eigenvalue weighted by atomic mass is 35.5. The molecule has 0 spiro atoms. The number of rotatable bonds is 4. The van der Waals surface area contributed by atoms with Crippen molar-refractivity contribution in [3.63, 3.8) is 0 Å². The number of nitrogens with zero attached hydrogens (tertiary/aromatic N) is 1. The van der Waals surface area contributed by atoms with Crippen LogP contribution in [0.15, 0.2) is 18.2 Å². The lowest BCUT2D eigenvalue weighted by atomic mass is 10.3. The van der Waals surface area contributed by atoms with Crippen molar-refractivity contribution >= 4 is 33.2 Å². The Labute approximate surface area is 107 Å². The van der Waals surface area contributed by atoms with Crippen molar-refractivity contribution in [2.75, 3.05) is 17.1 Å². The quantitative estimate of drug-likeness (QED) is 0.821. The van der Waals surface area contributed by atoms with E-state index < -0.39 is 10.2 Å². The molecule has 0 unspecified atom stereocenters. The van der Waals surface area contributed by atoms with Crippen molar-refractivity contribution in [3.05, 3.63) is 23.2 Å².